The van der Waals surface area contributed by atoms with Gasteiger partial charge >= 0.3 is 0 Å². The molecule has 0 spiro atoms. The molecule has 1 saturated carbocycles. The largest absolute Gasteiger partial charge is 0.493 e. The summed E-state index contributed by atoms with van der Waals surface area (Å²) in [5, 5.41) is 2.36. The zero-order valence-electron chi connectivity index (χ0n) is 19.2. The first kappa shape index (κ1) is 21.9. The number of carbonyl (C=O) groups is 2. The molecule has 8 heteroatoms. The van der Waals surface area contributed by atoms with Crippen LogP contribution in [-0.4, -0.2) is 36.5 Å². The number of ketones is 1. The van der Waals surface area contributed by atoms with E-state index in [9.17, 15) is 9.59 Å². The number of carbonyl (C=O) groups excluding carboxylic acids is 2. The highest BCUT2D eigenvalue weighted by Gasteiger charge is 2.54. The number of anilines is 1. The van der Waals surface area contributed by atoms with E-state index < -0.39 is 6.04 Å². The molecular formula is C25H28N2O5S. The maximum atomic E-state index is 13.9. The van der Waals surface area contributed by atoms with E-state index in [-0.39, 0.29) is 29.5 Å². The molecule has 3 heterocycles. The SMILES string of the molecule is CCOc1ccc(C2C3=C(OC4CC(C)C(C)CC4C3=O)C(=O)N2c2nccs2)cc1OC. The van der Waals surface area contributed by atoms with Crippen LogP contribution in [0.1, 0.15) is 45.2 Å². The Bertz CT molecular complexity index is 1110. The molecule has 7 nitrogen and oxygen atoms in total. The molecule has 2 aromatic rings. The first-order chi connectivity index (χ1) is 15.9. The fourth-order valence-corrected chi connectivity index (χ4v) is 5.90. The van der Waals surface area contributed by atoms with E-state index in [1.165, 1.54) is 11.3 Å². The van der Waals surface area contributed by atoms with Gasteiger partial charge < -0.3 is 14.2 Å². The van der Waals surface area contributed by atoms with Crippen LogP contribution in [-0.2, 0) is 14.3 Å². The lowest BCUT2D eigenvalue weighted by Crippen LogP contribution is -2.43. The minimum absolute atomic E-state index is 0.0188. The van der Waals surface area contributed by atoms with Crippen LogP contribution in [0, 0.1) is 17.8 Å². The molecule has 0 radical (unpaired) electrons. The fourth-order valence-electron chi connectivity index (χ4n) is 5.24. The highest BCUT2D eigenvalue weighted by molar-refractivity contribution is 7.13. The number of hydrogen-bond acceptors (Lipinski definition) is 7. The van der Waals surface area contributed by atoms with Crippen LogP contribution >= 0.6 is 11.3 Å². The normalized spacial score (nSPS) is 29.0. The average molecular weight is 469 g/mol. The van der Waals surface area contributed by atoms with Crippen LogP contribution in [0.25, 0.3) is 0 Å². The summed E-state index contributed by atoms with van der Waals surface area (Å²) in [7, 11) is 1.58. The monoisotopic (exact) mass is 468 g/mol. The number of methoxy groups -OCH3 is 1. The number of fused-ring (bicyclic) bond motifs is 1. The average Bonchev–Trinajstić information content (AvgIpc) is 3.42. The van der Waals surface area contributed by atoms with Gasteiger partial charge in [0.05, 0.1) is 31.2 Å². The van der Waals surface area contributed by atoms with E-state index in [0.29, 0.717) is 40.6 Å². The van der Waals surface area contributed by atoms with Crippen molar-refractivity contribution < 1.29 is 23.8 Å². The summed E-state index contributed by atoms with van der Waals surface area (Å²) >= 11 is 1.36. The number of thiazole rings is 1. The van der Waals surface area contributed by atoms with Crippen LogP contribution < -0.4 is 14.4 Å². The Morgan fingerprint density at radius 2 is 1.97 bits per heavy atom. The summed E-state index contributed by atoms with van der Waals surface area (Å²) in [4.78, 5) is 33.5. The van der Waals surface area contributed by atoms with Crippen molar-refractivity contribution in [1.29, 1.82) is 0 Å². The molecule has 0 bridgehead atoms. The molecule has 5 atom stereocenters. The predicted molar refractivity (Wildman–Crippen MR) is 124 cm³/mol. The van der Waals surface area contributed by atoms with Gasteiger partial charge in [-0.25, -0.2) is 4.98 Å². The molecule has 2 aliphatic heterocycles. The number of benzene rings is 1. The maximum Gasteiger partial charge on any atom is 0.296 e. The van der Waals surface area contributed by atoms with Gasteiger partial charge in [0.2, 0.25) is 0 Å². The summed E-state index contributed by atoms with van der Waals surface area (Å²) in [6.07, 6.45) is 2.96. The van der Waals surface area contributed by atoms with Gasteiger partial charge in [-0.3, -0.25) is 14.5 Å². The molecule has 0 N–H and O–H groups in total. The predicted octanol–water partition coefficient (Wildman–Crippen LogP) is 4.54. The van der Waals surface area contributed by atoms with Crippen LogP contribution in [0.4, 0.5) is 5.13 Å². The van der Waals surface area contributed by atoms with E-state index in [1.54, 1.807) is 18.2 Å². The molecular weight excluding hydrogens is 440 g/mol. The Morgan fingerprint density at radius 3 is 2.67 bits per heavy atom. The third-order valence-electron chi connectivity index (χ3n) is 7.14. The zero-order valence-corrected chi connectivity index (χ0v) is 20.1. The Morgan fingerprint density at radius 1 is 1.18 bits per heavy atom. The Hall–Kier alpha value is -2.87. The second kappa shape index (κ2) is 8.48. The van der Waals surface area contributed by atoms with E-state index in [0.717, 1.165) is 18.4 Å². The molecule has 5 rings (SSSR count). The second-order valence-corrected chi connectivity index (χ2v) is 9.90. The van der Waals surface area contributed by atoms with Crippen molar-refractivity contribution in [3.8, 4) is 11.5 Å². The van der Waals surface area contributed by atoms with Crippen molar-refractivity contribution in [2.45, 2.75) is 45.8 Å². The van der Waals surface area contributed by atoms with Gasteiger partial charge in [-0.1, -0.05) is 19.9 Å². The highest BCUT2D eigenvalue weighted by Crippen LogP contribution is 2.50. The van der Waals surface area contributed by atoms with Crippen LogP contribution in [0.15, 0.2) is 41.1 Å². The molecule has 174 valence electrons. The van der Waals surface area contributed by atoms with Crippen molar-refractivity contribution in [3.05, 3.63) is 46.7 Å². The van der Waals surface area contributed by atoms with Crippen molar-refractivity contribution in [3.63, 3.8) is 0 Å². The van der Waals surface area contributed by atoms with Gasteiger partial charge in [-0.15, -0.1) is 11.3 Å². The number of nitrogens with zero attached hydrogens (tertiary/aromatic N) is 2. The first-order valence-electron chi connectivity index (χ1n) is 11.4. The quantitative estimate of drug-likeness (QED) is 0.641. The van der Waals surface area contributed by atoms with Gasteiger partial charge in [0.1, 0.15) is 6.10 Å². The van der Waals surface area contributed by atoms with E-state index >= 15 is 0 Å². The lowest BCUT2D eigenvalue weighted by Gasteiger charge is -2.40. The van der Waals surface area contributed by atoms with Crippen molar-refractivity contribution in [2.75, 3.05) is 18.6 Å². The molecule has 5 unspecified atom stereocenters. The number of Topliss-reactive ketones (excluding diaryl/α,β-unsaturated/α-hetero) is 1. The van der Waals surface area contributed by atoms with E-state index in [2.05, 4.69) is 18.8 Å². The maximum absolute atomic E-state index is 13.9. The molecule has 1 aromatic carbocycles. The molecule has 1 amide bonds. The summed E-state index contributed by atoms with van der Waals surface area (Å²) in [6, 6.07) is 4.92. The Kier molecular flexibility index (Phi) is 5.64. The van der Waals surface area contributed by atoms with Crippen molar-refractivity contribution in [2.24, 2.45) is 17.8 Å². The third-order valence-corrected chi connectivity index (χ3v) is 7.91. The standard InChI is InChI=1S/C25H28N2O5S/c1-5-31-17-7-6-15(12-19(17)30-4)21-20-22(28)16-10-13(2)14(3)11-18(16)32-23(20)24(29)27(21)25-26-8-9-33-25/h6-9,12-14,16,18,21H,5,10-11H2,1-4H3. The van der Waals surface area contributed by atoms with Gasteiger partial charge in [0.15, 0.2) is 28.2 Å². The molecule has 1 aliphatic carbocycles. The van der Waals surface area contributed by atoms with Crippen LogP contribution in [0.3, 0.4) is 0 Å². The summed E-state index contributed by atoms with van der Waals surface area (Å²) < 4.78 is 17.5. The van der Waals surface area contributed by atoms with Gasteiger partial charge in [-0.2, -0.15) is 0 Å². The summed E-state index contributed by atoms with van der Waals surface area (Å²) in [6.45, 7) is 6.79. The number of ether oxygens (including phenoxy) is 3. The number of amides is 1. The van der Waals surface area contributed by atoms with Crippen molar-refractivity contribution >= 4 is 28.2 Å². The first-order valence-corrected chi connectivity index (χ1v) is 12.3. The lowest BCUT2D eigenvalue weighted by atomic mass is 9.70. The number of rotatable bonds is 5. The van der Waals surface area contributed by atoms with Crippen LogP contribution in [0.2, 0.25) is 0 Å². The van der Waals surface area contributed by atoms with Gasteiger partial charge in [0.25, 0.3) is 5.91 Å². The van der Waals surface area contributed by atoms with Gasteiger partial charge in [-0.05, 0) is 49.3 Å². The molecule has 1 fully saturated rings. The van der Waals surface area contributed by atoms with Gasteiger partial charge in [0, 0.05) is 11.6 Å². The molecule has 0 saturated heterocycles. The zero-order chi connectivity index (χ0) is 23.3. The minimum atomic E-state index is -0.619. The summed E-state index contributed by atoms with van der Waals surface area (Å²) in [5.41, 5.74) is 1.20. The van der Waals surface area contributed by atoms with Crippen LogP contribution in [0.5, 0.6) is 11.5 Å². The second-order valence-electron chi connectivity index (χ2n) is 9.03. The van der Waals surface area contributed by atoms with E-state index in [4.69, 9.17) is 14.2 Å². The molecule has 1 aromatic heterocycles. The molecule has 33 heavy (non-hydrogen) atoms. The number of hydrogen-bond donors (Lipinski definition) is 0. The highest BCUT2D eigenvalue weighted by atomic mass is 32.1. The third kappa shape index (κ3) is 3.51. The Labute approximate surface area is 197 Å². The smallest absolute Gasteiger partial charge is 0.296 e. The lowest BCUT2D eigenvalue weighted by molar-refractivity contribution is -0.134. The fraction of sp³-hybridized carbons (Fsp3) is 0.480. The molecule has 3 aliphatic rings. The number of aromatic nitrogens is 1. The van der Waals surface area contributed by atoms with E-state index in [1.807, 2.05) is 30.5 Å². The Balaban J connectivity index is 1.62. The van der Waals surface area contributed by atoms with Crippen molar-refractivity contribution in [1.82, 2.24) is 4.98 Å². The summed E-state index contributed by atoms with van der Waals surface area (Å²) in [5.74, 6) is 1.70. The topological polar surface area (TPSA) is 78.0 Å². The minimum Gasteiger partial charge on any atom is -0.493 e.